The molecule has 26 heavy (non-hydrogen) atoms. The van der Waals surface area contributed by atoms with E-state index in [1.165, 1.54) is 11.1 Å². The van der Waals surface area contributed by atoms with Crippen LogP contribution >= 0.6 is 0 Å². The fourth-order valence-corrected chi connectivity index (χ4v) is 2.04. The fraction of sp³-hybridized carbons (Fsp3) is 0.0400. The Morgan fingerprint density at radius 1 is 0.500 bits per heavy atom. The SMILES string of the molecule is [Fe+3].[c-]1ccccc1.[c-]1ccccc1.[c-]1ccccc1Cc1ccccc1. The topological polar surface area (TPSA) is 0 Å². The summed E-state index contributed by atoms with van der Waals surface area (Å²) < 4.78 is 0. The second kappa shape index (κ2) is 14.7. The van der Waals surface area contributed by atoms with Crippen LogP contribution in [0.1, 0.15) is 11.1 Å². The molecule has 0 saturated heterocycles. The Bertz CT molecular complexity index is 631. The first-order valence-corrected chi connectivity index (χ1v) is 8.27. The molecule has 0 saturated carbocycles. The van der Waals surface area contributed by atoms with Gasteiger partial charge in [0.15, 0.2) is 0 Å². The van der Waals surface area contributed by atoms with E-state index in [1.807, 2.05) is 78.9 Å². The first-order valence-electron chi connectivity index (χ1n) is 8.27. The number of hydrogen-bond donors (Lipinski definition) is 0. The van der Waals surface area contributed by atoms with Crippen molar-refractivity contribution in [3.05, 3.63) is 145 Å². The summed E-state index contributed by atoms with van der Waals surface area (Å²) in [6.45, 7) is 0. The predicted molar refractivity (Wildman–Crippen MR) is 105 cm³/mol. The molecule has 0 nitrogen and oxygen atoms in total. The molecule has 0 atom stereocenters. The van der Waals surface area contributed by atoms with Gasteiger partial charge in [-0.15, -0.1) is 0 Å². The Kier molecular flexibility index (Phi) is 12.1. The van der Waals surface area contributed by atoms with Crippen molar-refractivity contribution >= 4 is 0 Å². The number of hydrogen-bond acceptors (Lipinski definition) is 0. The molecule has 0 bridgehead atoms. The summed E-state index contributed by atoms with van der Waals surface area (Å²) in [6, 6.07) is 46.8. The number of benzene rings is 4. The van der Waals surface area contributed by atoms with Crippen LogP contribution in [-0.4, -0.2) is 0 Å². The molecular formula is C25H21Fe. The summed E-state index contributed by atoms with van der Waals surface area (Å²) in [5, 5.41) is 0. The molecule has 0 aliphatic heterocycles. The predicted octanol–water partition coefficient (Wildman–Crippen LogP) is 6.05. The van der Waals surface area contributed by atoms with Gasteiger partial charge in [0.2, 0.25) is 0 Å². The minimum absolute atomic E-state index is 0. The zero-order chi connectivity index (χ0) is 17.4. The van der Waals surface area contributed by atoms with E-state index in [4.69, 9.17) is 0 Å². The van der Waals surface area contributed by atoms with Crippen molar-refractivity contribution in [2.24, 2.45) is 0 Å². The summed E-state index contributed by atoms with van der Waals surface area (Å²) in [6.07, 6.45) is 0.974. The molecule has 0 aliphatic carbocycles. The van der Waals surface area contributed by atoms with Gasteiger partial charge in [0.1, 0.15) is 0 Å². The molecule has 0 unspecified atom stereocenters. The van der Waals surface area contributed by atoms with Crippen molar-refractivity contribution in [1.82, 2.24) is 0 Å². The van der Waals surface area contributed by atoms with Gasteiger partial charge in [-0.2, -0.15) is 109 Å². The van der Waals surface area contributed by atoms with E-state index in [0.29, 0.717) is 0 Å². The minimum atomic E-state index is 0. The maximum absolute atomic E-state index is 3.22. The Balaban J connectivity index is 0.000000218. The average Bonchev–Trinajstić information content (AvgIpc) is 2.73. The third-order valence-electron chi connectivity index (χ3n) is 3.23. The van der Waals surface area contributed by atoms with Gasteiger partial charge in [0.05, 0.1) is 0 Å². The van der Waals surface area contributed by atoms with E-state index in [1.54, 1.807) is 0 Å². The van der Waals surface area contributed by atoms with E-state index in [0.717, 1.165) is 6.42 Å². The smallest absolute Gasteiger partial charge is 0.184 e. The van der Waals surface area contributed by atoms with Crippen LogP contribution < -0.4 is 0 Å². The third kappa shape index (κ3) is 10.3. The van der Waals surface area contributed by atoms with Crippen molar-refractivity contribution < 1.29 is 17.1 Å². The Morgan fingerprint density at radius 2 is 0.962 bits per heavy atom. The van der Waals surface area contributed by atoms with Gasteiger partial charge in [-0.1, -0.05) is 30.3 Å². The maximum Gasteiger partial charge on any atom is 3.00 e. The molecule has 1 heteroatoms. The Labute approximate surface area is 168 Å². The van der Waals surface area contributed by atoms with E-state index < -0.39 is 0 Å². The van der Waals surface area contributed by atoms with Gasteiger partial charge >= 0.3 is 17.1 Å². The van der Waals surface area contributed by atoms with Crippen molar-refractivity contribution in [3.8, 4) is 0 Å². The summed E-state index contributed by atoms with van der Waals surface area (Å²) in [5.41, 5.74) is 2.58. The zero-order valence-electron chi connectivity index (χ0n) is 14.5. The van der Waals surface area contributed by atoms with Crippen LogP contribution in [0, 0.1) is 18.2 Å². The molecule has 129 valence electrons. The van der Waals surface area contributed by atoms with Crippen molar-refractivity contribution in [2.45, 2.75) is 6.42 Å². The van der Waals surface area contributed by atoms with Crippen molar-refractivity contribution in [1.29, 1.82) is 0 Å². The van der Waals surface area contributed by atoms with Gasteiger partial charge in [-0.3, -0.25) is 0 Å². The summed E-state index contributed by atoms with van der Waals surface area (Å²) in [4.78, 5) is 0. The van der Waals surface area contributed by atoms with Crippen molar-refractivity contribution in [2.75, 3.05) is 0 Å². The first kappa shape index (κ1) is 21.4. The molecular weight excluding hydrogens is 356 g/mol. The van der Waals surface area contributed by atoms with Gasteiger partial charge in [0.25, 0.3) is 0 Å². The monoisotopic (exact) mass is 377 g/mol. The molecule has 0 N–H and O–H groups in total. The summed E-state index contributed by atoms with van der Waals surface area (Å²) in [7, 11) is 0. The van der Waals surface area contributed by atoms with Crippen molar-refractivity contribution in [3.63, 3.8) is 0 Å². The molecule has 0 spiro atoms. The minimum Gasteiger partial charge on any atom is -0.184 e. The molecule has 4 aromatic carbocycles. The van der Waals surface area contributed by atoms with E-state index in [2.05, 4.69) is 54.6 Å². The fourth-order valence-electron chi connectivity index (χ4n) is 2.04. The number of rotatable bonds is 2. The molecule has 0 aliphatic rings. The largest absolute Gasteiger partial charge is 3.00 e. The second-order valence-electron chi connectivity index (χ2n) is 5.20. The normalized spacial score (nSPS) is 8.62. The molecule has 1 radical (unpaired) electrons. The van der Waals surface area contributed by atoms with E-state index in [9.17, 15) is 0 Å². The molecule has 4 aromatic rings. The van der Waals surface area contributed by atoms with Gasteiger partial charge in [-0.05, 0) is 12.0 Å². The average molecular weight is 377 g/mol. The van der Waals surface area contributed by atoms with E-state index in [-0.39, 0.29) is 17.1 Å². The molecule has 0 amide bonds. The maximum atomic E-state index is 3.22. The van der Waals surface area contributed by atoms with Crippen LogP contribution in [0.25, 0.3) is 0 Å². The molecule has 0 heterocycles. The summed E-state index contributed by atoms with van der Waals surface area (Å²) >= 11 is 0. The Morgan fingerprint density at radius 3 is 1.35 bits per heavy atom. The van der Waals surface area contributed by atoms with Gasteiger partial charge in [0, 0.05) is 0 Å². The van der Waals surface area contributed by atoms with Crippen LogP contribution in [0.5, 0.6) is 0 Å². The van der Waals surface area contributed by atoms with Crippen LogP contribution in [0.2, 0.25) is 0 Å². The van der Waals surface area contributed by atoms with Gasteiger partial charge < -0.3 is 0 Å². The van der Waals surface area contributed by atoms with Gasteiger partial charge in [-0.25, -0.2) is 0 Å². The zero-order valence-corrected chi connectivity index (χ0v) is 15.6. The second-order valence-corrected chi connectivity index (χ2v) is 5.20. The van der Waals surface area contributed by atoms with E-state index >= 15 is 0 Å². The summed E-state index contributed by atoms with van der Waals surface area (Å²) in [5.74, 6) is 0. The van der Waals surface area contributed by atoms with Crippen LogP contribution in [0.3, 0.4) is 0 Å². The molecule has 0 aromatic heterocycles. The van der Waals surface area contributed by atoms with Crippen LogP contribution in [0.15, 0.2) is 115 Å². The van der Waals surface area contributed by atoms with Crippen LogP contribution in [-0.2, 0) is 23.5 Å². The third-order valence-corrected chi connectivity index (χ3v) is 3.23. The quantitative estimate of drug-likeness (QED) is 0.295. The standard InChI is InChI=1S/C13H11.2C6H5.Fe/c1-3-7-12(8-4-1)11-13-9-5-2-6-10-13;2*1-2-4-6-5-3-1;/h1-9H,11H2;2*1-5H;/q3*-1;+3. The Hall–Kier alpha value is -2.60. The first-order chi connectivity index (χ1) is 12.4. The van der Waals surface area contributed by atoms with Crippen LogP contribution in [0.4, 0.5) is 0 Å². The molecule has 0 fully saturated rings. The molecule has 4 rings (SSSR count).